The van der Waals surface area contributed by atoms with E-state index in [1.807, 2.05) is 6.92 Å². The molecular weight excluding hydrogens is 286 g/mol. The fourth-order valence-corrected chi connectivity index (χ4v) is 2.09. The van der Waals surface area contributed by atoms with E-state index in [2.05, 4.69) is 0 Å². The summed E-state index contributed by atoms with van der Waals surface area (Å²) < 4.78 is 27.3. The number of aliphatic hydroxyl groups is 1. The second-order valence-corrected chi connectivity index (χ2v) is 4.59. The summed E-state index contributed by atoms with van der Waals surface area (Å²) in [6.45, 7) is 0.759. The average molecular weight is 306 g/mol. The predicted molar refractivity (Wildman–Crippen MR) is 75.9 cm³/mol. The molecule has 0 saturated heterocycles. The predicted octanol–water partition coefficient (Wildman–Crippen LogP) is -0.397. The van der Waals surface area contributed by atoms with Crippen molar-refractivity contribution in [2.45, 2.75) is 26.3 Å². The molecule has 0 aromatic carbocycles. The van der Waals surface area contributed by atoms with E-state index in [0.717, 1.165) is 9.47 Å². The second kappa shape index (κ2) is 7.21. The third-order valence-electron chi connectivity index (χ3n) is 3.05. The van der Waals surface area contributed by atoms with Crippen molar-refractivity contribution in [3.63, 3.8) is 0 Å². The Bertz CT molecular complexity index is 597. The molecule has 9 heteroatoms. The summed E-state index contributed by atoms with van der Waals surface area (Å²) in [5.74, 6) is -0.154. The van der Waals surface area contributed by atoms with Gasteiger partial charge in [-0.05, 0) is 6.42 Å². The highest BCUT2D eigenvalue weighted by atomic mass is 19.3. The topological polar surface area (TPSA) is 93.5 Å². The molecule has 3 N–H and O–H groups in total. The maximum atomic E-state index is 12.6. The van der Waals surface area contributed by atoms with Gasteiger partial charge in [0.15, 0.2) is 0 Å². The number of nitrogens with two attached hydrogens (primary N) is 1. The van der Waals surface area contributed by atoms with Crippen molar-refractivity contribution < 1.29 is 13.9 Å². The zero-order valence-electron chi connectivity index (χ0n) is 12.1. The molecule has 0 amide bonds. The van der Waals surface area contributed by atoms with E-state index in [-0.39, 0.29) is 24.6 Å². The smallest absolute Gasteiger partial charge is 0.332 e. The molecule has 0 spiro atoms. The number of aliphatic hydroxyl groups excluding tert-OH is 1. The van der Waals surface area contributed by atoms with Crippen molar-refractivity contribution in [3.05, 3.63) is 20.8 Å². The minimum Gasteiger partial charge on any atom is -0.395 e. The van der Waals surface area contributed by atoms with Gasteiger partial charge in [-0.25, -0.2) is 13.6 Å². The third kappa shape index (κ3) is 3.60. The number of aromatic nitrogens is 2. The van der Waals surface area contributed by atoms with Crippen LogP contribution in [0.15, 0.2) is 9.59 Å². The van der Waals surface area contributed by atoms with Gasteiger partial charge in [-0.2, -0.15) is 0 Å². The van der Waals surface area contributed by atoms with Gasteiger partial charge in [-0.3, -0.25) is 13.9 Å². The first-order chi connectivity index (χ1) is 9.84. The maximum absolute atomic E-state index is 12.6. The van der Waals surface area contributed by atoms with Crippen LogP contribution in [-0.4, -0.2) is 40.4 Å². The molecule has 0 atom stereocenters. The molecule has 1 aromatic rings. The van der Waals surface area contributed by atoms with Gasteiger partial charge in [0.1, 0.15) is 11.5 Å². The van der Waals surface area contributed by atoms with E-state index < -0.39 is 30.8 Å². The monoisotopic (exact) mass is 306 g/mol. The Morgan fingerprint density at radius 1 is 1.38 bits per heavy atom. The Morgan fingerprint density at radius 3 is 2.48 bits per heavy atom. The van der Waals surface area contributed by atoms with Crippen LogP contribution < -0.4 is 21.9 Å². The first-order valence-corrected chi connectivity index (χ1v) is 6.58. The SMILES string of the molecule is CCCn1c(N)c(N(CCO)CC(F)F)c(=O)n(C)c1=O. The molecule has 1 heterocycles. The second-order valence-electron chi connectivity index (χ2n) is 4.59. The summed E-state index contributed by atoms with van der Waals surface area (Å²) >= 11 is 0. The summed E-state index contributed by atoms with van der Waals surface area (Å²) in [5.41, 5.74) is 4.30. The highest BCUT2D eigenvalue weighted by molar-refractivity contribution is 5.62. The van der Waals surface area contributed by atoms with Gasteiger partial charge < -0.3 is 15.7 Å². The van der Waals surface area contributed by atoms with Gasteiger partial charge in [0.05, 0.1) is 13.2 Å². The summed E-state index contributed by atoms with van der Waals surface area (Å²) in [7, 11) is 1.26. The highest BCUT2D eigenvalue weighted by Gasteiger charge is 2.22. The lowest BCUT2D eigenvalue weighted by Gasteiger charge is -2.25. The molecule has 21 heavy (non-hydrogen) atoms. The molecule has 7 nitrogen and oxygen atoms in total. The molecule has 1 aromatic heterocycles. The quantitative estimate of drug-likeness (QED) is 0.715. The van der Waals surface area contributed by atoms with Gasteiger partial charge in [-0.15, -0.1) is 0 Å². The molecule has 0 bridgehead atoms. The fourth-order valence-electron chi connectivity index (χ4n) is 2.09. The van der Waals surface area contributed by atoms with Crippen molar-refractivity contribution in [3.8, 4) is 0 Å². The van der Waals surface area contributed by atoms with Crippen molar-refractivity contribution in [2.24, 2.45) is 7.05 Å². The molecule has 0 fully saturated rings. The van der Waals surface area contributed by atoms with Crippen LogP contribution in [0.2, 0.25) is 0 Å². The third-order valence-corrected chi connectivity index (χ3v) is 3.05. The number of nitrogen functional groups attached to an aromatic ring is 1. The minimum atomic E-state index is -2.70. The lowest BCUT2D eigenvalue weighted by Crippen LogP contribution is -2.45. The van der Waals surface area contributed by atoms with E-state index in [1.165, 1.54) is 11.6 Å². The Kier molecular flexibility index (Phi) is 5.89. The van der Waals surface area contributed by atoms with E-state index >= 15 is 0 Å². The highest BCUT2D eigenvalue weighted by Crippen LogP contribution is 2.18. The molecule has 0 saturated carbocycles. The molecule has 1 rings (SSSR count). The van der Waals surface area contributed by atoms with Crippen molar-refractivity contribution in [2.75, 3.05) is 30.3 Å². The molecular formula is C12H20F2N4O3. The van der Waals surface area contributed by atoms with Crippen LogP contribution >= 0.6 is 0 Å². The van der Waals surface area contributed by atoms with Crippen LogP contribution in [0, 0.1) is 0 Å². The van der Waals surface area contributed by atoms with Gasteiger partial charge >= 0.3 is 5.69 Å². The Labute approximate surface area is 120 Å². The molecule has 0 unspecified atom stereocenters. The number of hydrogen-bond acceptors (Lipinski definition) is 5. The van der Waals surface area contributed by atoms with Gasteiger partial charge in [0.25, 0.3) is 12.0 Å². The first kappa shape index (κ1) is 17.2. The first-order valence-electron chi connectivity index (χ1n) is 6.58. The minimum absolute atomic E-state index is 0.154. The van der Waals surface area contributed by atoms with E-state index in [0.29, 0.717) is 6.42 Å². The summed E-state index contributed by atoms with van der Waals surface area (Å²) in [4.78, 5) is 25.2. The molecule has 0 radical (unpaired) electrons. The fraction of sp³-hybridized carbons (Fsp3) is 0.667. The van der Waals surface area contributed by atoms with E-state index in [4.69, 9.17) is 10.8 Å². The van der Waals surface area contributed by atoms with Gasteiger partial charge in [0.2, 0.25) is 0 Å². The lowest BCUT2D eigenvalue weighted by atomic mass is 10.3. The zero-order valence-corrected chi connectivity index (χ0v) is 12.1. The van der Waals surface area contributed by atoms with Gasteiger partial charge in [-0.1, -0.05) is 6.92 Å². The van der Waals surface area contributed by atoms with Crippen LogP contribution in [0.5, 0.6) is 0 Å². The Balaban J connectivity index is 3.52. The molecule has 120 valence electrons. The molecule has 0 aliphatic heterocycles. The maximum Gasteiger partial charge on any atom is 0.332 e. The van der Waals surface area contributed by atoms with Gasteiger partial charge in [0, 0.05) is 20.1 Å². The van der Waals surface area contributed by atoms with E-state index in [1.54, 1.807) is 0 Å². The van der Waals surface area contributed by atoms with E-state index in [9.17, 15) is 18.4 Å². The van der Waals surface area contributed by atoms with Crippen molar-refractivity contribution in [1.29, 1.82) is 0 Å². The Morgan fingerprint density at radius 2 is 2.00 bits per heavy atom. The van der Waals surface area contributed by atoms with Crippen molar-refractivity contribution in [1.82, 2.24) is 9.13 Å². The number of alkyl halides is 2. The zero-order chi connectivity index (χ0) is 16.2. The largest absolute Gasteiger partial charge is 0.395 e. The van der Waals surface area contributed by atoms with Crippen LogP contribution in [0.3, 0.4) is 0 Å². The van der Waals surface area contributed by atoms with Crippen LogP contribution in [0.25, 0.3) is 0 Å². The van der Waals surface area contributed by atoms with Crippen molar-refractivity contribution >= 4 is 11.5 Å². The molecule has 0 aliphatic carbocycles. The summed E-state index contributed by atoms with van der Waals surface area (Å²) in [5, 5.41) is 8.98. The standard InChI is InChI=1S/C12H20F2N4O3/c1-3-4-18-10(15)9(11(20)16(2)12(18)21)17(5-6-19)7-8(13)14/h8,19H,3-7,15H2,1-2H3. The normalized spacial score (nSPS) is 11.1. The number of nitrogens with zero attached hydrogens (tertiary/aromatic N) is 3. The summed E-state index contributed by atoms with van der Waals surface area (Å²) in [6.07, 6.45) is -2.11. The average Bonchev–Trinajstić information content (AvgIpc) is 2.41. The van der Waals surface area contributed by atoms with Crippen LogP contribution in [-0.2, 0) is 13.6 Å². The number of halogens is 2. The van der Waals surface area contributed by atoms with Crippen LogP contribution in [0.4, 0.5) is 20.3 Å². The number of anilines is 2. The molecule has 0 aliphatic rings. The van der Waals surface area contributed by atoms with Crippen LogP contribution in [0.1, 0.15) is 13.3 Å². The number of rotatable bonds is 7. The Hall–Kier alpha value is -1.90. The lowest BCUT2D eigenvalue weighted by molar-refractivity contribution is 0.152. The number of hydrogen-bond donors (Lipinski definition) is 2. The summed E-state index contributed by atoms with van der Waals surface area (Å²) in [6, 6.07) is 0.